The number of likely N-dealkylation sites (N-methyl/N-ethyl adjacent to an activating group) is 1. The Morgan fingerprint density at radius 3 is 2.42 bits per heavy atom. The van der Waals surface area contributed by atoms with Crippen LogP contribution in [0.5, 0.6) is 0 Å². The number of carbonyl (C=O) groups excluding carboxylic acids is 1. The predicted octanol–water partition coefficient (Wildman–Crippen LogP) is 2.13. The molecule has 72 valence electrons. The molecule has 0 amide bonds. The van der Waals surface area contributed by atoms with Crippen LogP contribution < -0.4 is 5.32 Å². The third-order valence-corrected chi connectivity index (χ3v) is 2.19. The largest absolute Gasteiger partial charge is 0.311 e. The molecule has 0 aromatic carbocycles. The Labute approximate surface area is 75.7 Å². The maximum Gasteiger partial charge on any atom is 0.146 e. The van der Waals surface area contributed by atoms with Gasteiger partial charge in [-0.25, -0.2) is 0 Å². The second kappa shape index (κ2) is 7.29. The summed E-state index contributed by atoms with van der Waals surface area (Å²) in [6, 6.07) is 0.0851. The van der Waals surface area contributed by atoms with E-state index >= 15 is 0 Å². The molecule has 0 aromatic rings. The average molecular weight is 171 g/mol. The van der Waals surface area contributed by atoms with Gasteiger partial charge in [0.2, 0.25) is 0 Å². The van der Waals surface area contributed by atoms with E-state index in [1.54, 1.807) is 6.92 Å². The van der Waals surface area contributed by atoms with Gasteiger partial charge in [0.1, 0.15) is 5.78 Å². The van der Waals surface area contributed by atoms with E-state index in [4.69, 9.17) is 0 Å². The van der Waals surface area contributed by atoms with Crippen molar-refractivity contribution in [3.8, 4) is 0 Å². The summed E-state index contributed by atoms with van der Waals surface area (Å²) in [6.45, 7) is 3.85. The molecule has 0 fully saturated rings. The molecule has 0 radical (unpaired) electrons. The number of Topliss-reactive ketones (excluding diaryl/α,β-unsaturated/α-hetero) is 1. The number of rotatable bonds is 7. The fourth-order valence-corrected chi connectivity index (χ4v) is 1.33. The van der Waals surface area contributed by atoms with Crippen LogP contribution in [0.4, 0.5) is 0 Å². The van der Waals surface area contributed by atoms with Crippen molar-refractivity contribution in [3.05, 3.63) is 0 Å². The normalized spacial score (nSPS) is 12.9. The Kier molecular flexibility index (Phi) is 7.06. The van der Waals surface area contributed by atoms with Crippen molar-refractivity contribution in [3.63, 3.8) is 0 Å². The maximum atomic E-state index is 11.0. The highest BCUT2D eigenvalue weighted by Crippen LogP contribution is 2.05. The van der Waals surface area contributed by atoms with Gasteiger partial charge < -0.3 is 5.32 Å². The van der Waals surface area contributed by atoms with Gasteiger partial charge in [0.15, 0.2) is 0 Å². The molecular formula is C10H21NO. The Hall–Kier alpha value is -0.370. The lowest BCUT2D eigenvalue weighted by Crippen LogP contribution is -2.31. The Morgan fingerprint density at radius 1 is 1.33 bits per heavy atom. The van der Waals surface area contributed by atoms with E-state index in [2.05, 4.69) is 12.2 Å². The molecule has 0 saturated heterocycles. The number of nitrogens with one attached hydrogen (secondary N) is 1. The van der Waals surface area contributed by atoms with Crippen LogP contribution in [0.3, 0.4) is 0 Å². The summed E-state index contributed by atoms with van der Waals surface area (Å²) in [6.07, 6.45) is 5.95. The Morgan fingerprint density at radius 2 is 2.00 bits per heavy atom. The zero-order chi connectivity index (χ0) is 9.40. The zero-order valence-electron chi connectivity index (χ0n) is 8.52. The third-order valence-electron chi connectivity index (χ3n) is 2.19. The molecule has 0 rings (SSSR count). The first kappa shape index (κ1) is 11.6. The molecule has 1 N–H and O–H groups in total. The fraction of sp³-hybridized carbons (Fsp3) is 0.900. The van der Waals surface area contributed by atoms with Crippen LogP contribution in [0.25, 0.3) is 0 Å². The Balaban J connectivity index is 3.38. The lowest BCUT2D eigenvalue weighted by Gasteiger charge is -2.11. The van der Waals surface area contributed by atoms with Gasteiger partial charge in [0, 0.05) is 0 Å². The van der Waals surface area contributed by atoms with Crippen molar-refractivity contribution in [2.45, 2.75) is 52.0 Å². The van der Waals surface area contributed by atoms with E-state index in [-0.39, 0.29) is 11.8 Å². The summed E-state index contributed by atoms with van der Waals surface area (Å²) in [5.74, 6) is 0.258. The number of hydrogen-bond acceptors (Lipinski definition) is 2. The first-order valence-electron chi connectivity index (χ1n) is 4.90. The topological polar surface area (TPSA) is 29.1 Å². The molecule has 0 bridgehead atoms. The molecule has 0 aliphatic rings. The van der Waals surface area contributed by atoms with Gasteiger partial charge in [-0.3, -0.25) is 4.79 Å². The lowest BCUT2D eigenvalue weighted by atomic mass is 10.1. The van der Waals surface area contributed by atoms with Crippen LogP contribution >= 0.6 is 0 Å². The van der Waals surface area contributed by atoms with Crippen LogP contribution in [0.15, 0.2) is 0 Å². The summed E-state index contributed by atoms with van der Waals surface area (Å²) in [5.41, 5.74) is 0. The number of hydrogen-bond donors (Lipinski definition) is 1. The average Bonchev–Trinajstić information content (AvgIpc) is 2.04. The quantitative estimate of drug-likeness (QED) is 0.595. The van der Waals surface area contributed by atoms with E-state index in [9.17, 15) is 4.79 Å². The van der Waals surface area contributed by atoms with Gasteiger partial charge in [-0.1, -0.05) is 32.6 Å². The molecule has 2 heteroatoms. The summed E-state index contributed by atoms with van der Waals surface area (Å²) in [7, 11) is 1.85. The van der Waals surface area contributed by atoms with Crippen LogP contribution in [-0.2, 0) is 4.79 Å². The second-order valence-electron chi connectivity index (χ2n) is 3.30. The van der Waals surface area contributed by atoms with E-state index in [1.807, 2.05) is 7.05 Å². The zero-order valence-corrected chi connectivity index (χ0v) is 8.52. The first-order valence-corrected chi connectivity index (χ1v) is 4.90. The van der Waals surface area contributed by atoms with Gasteiger partial charge in [0.05, 0.1) is 6.04 Å². The molecule has 0 saturated carbocycles. The van der Waals surface area contributed by atoms with E-state index in [0.29, 0.717) is 0 Å². The monoisotopic (exact) mass is 171 g/mol. The van der Waals surface area contributed by atoms with Gasteiger partial charge in [-0.2, -0.15) is 0 Å². The third kappa shape index (κ3) is 5.30. The smallest absolute Gasteiger partial charge is 0.146 e. The molecular weight excluding hydrogens is 150 g/mol. The van der Waals surface area contributed by atoms with E-state index in [1.165, 1.54) is 25.7 Å². The molecule has 1 atom stereocenters. The SMILES string of the molecule is CCCCCCC(NC)C(C)=O. The van der Waals surface area contributed by atoms with E-state index in [0.717, 1.165) is 6.42 Å². The van der Waals surface area contributed by atoms with Gasteiger partial charge in [-0.15, -0.1) is 0 Å². The molecule has 0 spiro atoms. The van der Waals surface area contributed by atoms with Crippen molar-refractivity contribution in [2.24, 2.45) is 0 Å². The molecule has 12 heavy (non-hydrogen) atoms. The second-order valence-corrected chi connectivity index (χ2v) is 3.30. The first-order chi connectivity index (χ1) is 5.72. The van der Waals surface area contributed by atoms with Crippen molar-refractivity contribution in [1.29, 1.82) is 0 Å². The highest BCUT2D eigenvalue weighted by atomic mass is 16.1. The molecule has 0 aliphatic carbocycles. The van der Waals surface area contributed by atoms with Gasteiger partial charge in [0.25, 0.3) is 0 Å². The fourth-order valence-electron chi connectivity index (χ4n) is 1.33. The van der Waals surface area contributed by atoms with Crippen molar-refractivity contribution in [1.82, 2.24) is 5.32 Å². The standard InChI is InChI=1S/C10H21NO/c1-4-5-6-7-8-10(11-3)9(2)12/h10-11H,4-8H2,1-3H3. The molecule has 0 aliphatic heterocycles. The minimum atomic E-state index is 0.0851. The van der Waals surface area contributed by atoms with Crippen molar-refractivity contribution < 1.29 is 4.79 Å². The number of unbranched alkanes of at least 4 members (excludes halogenated alkanes) is 3. The lowest BCUT2D eigenvalue weighted by molar-refractivity contribution is -0.119. The van der Waals surface area contributed by atoms with Gasteiger partial charge >= 0.3 is 0 Å². The van der Waals surface area contributed by atoms with Crippen LogP contribution in [0.1, 0.15) is 46.0 Å². The Bertz CT molecular complexity index is 123. The highest BCUT2D eigenvalue weighted by molar-refractivity contribution is 5.81. The van der Waals surface area contributed by atoms with Crippen LogP contribution in [0, 0.1) is 0 Å². The number of carbonyl (C=O) groups is 1. The van der Waals surface area contributed by atoms with Gasteiger partial charge in [-0.05, 0) is 20.4 Å². The summed E-state index contributed by atoms with van der Waals surface area (Å²) in [5, 5.41) is 3.03. The van der Waals surface area contributed by atoms with Crippen molar-refractivity contribution in [2.75, 3.05) is 7.05 Å². The maximum absolute atomic E-state index is 11.0. The van der Waals surface area contributed by atoms with Crippen LogP contribution in [0.2, 0.25) is 0 Å². The van der Waals surface area contributed by atoms with Crippen LogP contribution in [-0.4, -0.2) is 18.9 Å². The van der Waals surface area contributed by atoms with E-state index < -0.39 is 0 Å². The van der Waals surface area contributed by atoms with Crippen molar-refractivity contribution >= 4 is 5.78 Å². The minimum absolute atomic E-state index is 0.0851. The summed E-state index contributed by atoms with van der Waals surface area (Å²) in [4.78, 5) is 11.0. The number of ketones is 1. The summed E-state index contributed by atoms with van der Waals surface area (Å²) >= 11 is 0. The highest BCUT2D eigenvalue weighted by Gasteiger charge is 2.09. The predicted molar refractivity (Wildman–Crippen MR) is 52.3 cm³/mol. The summed E-state index contributed by atoms with van der Waals surface area (Å²) < 4.78 is 0. The molecule has 0 aromatic heterocycles. The molecule has 2 nitrogen and oxygen atoms in total. The minimum Gasteiger partial charge on any atom is -0.311 e. The molecule has 0 heterocycles. The molecule has 1 unspecified atom stereocenters.